The Morgan fingerprint density at radius 3 is 2.43 bits per heavy atom. The summed E-state index contributed by atoms with van der Waals surface area (Å²) in [7, 11) is 0. The number of piperazine rings is 1. The second-order valence-electron chi connectivity index (χ2n) is 6.16. The van der Waals surface area contributed by atoms with E-state index in [1.165, 1.54) is 4.90 Å². The second-order valence-corrected chi connectivity index (χ2v) is 6.16. The molecule has 21 heavy (non-hydrogen) atoms. The molecule has 0 radical (unpaired) electrons. The van der Waals surface area contributed by atoms with E-state index in [4.69, 9.17) is 10.5 Å². The van der Waals surface area contributed by atoms with E-state index in [1.807, 2.05) is 0 Å². The quantitative estimate of drug-likeness (QED) is 0.853. The van der Waals surface area contributed by atoms with Crippen LogP contribution in [0, 0.1) is 0 Å². The largest absolute Gasteiger partial charge is 0.401 e. The van der Waals surface area contributed by atoms with E-state index in [0.717, 1.165) is 19.3 Å². The van der Waals surface area contributed by atoms with E-state index in [1.54, 1.807) is 0 Å². The standard InChI is InChI=1S/C14H26F3N3O/c1-2-12-9-13(10-18,3-8-21-12)20-6-4-19(5-7-20)11-14(15,16)17/h12H,2-11,18H2,1H3. The van der Waals surface area contributed by atoms with Gasteiger partial charge < -0.3 is 10.5 Å². The molecule has 2 unspecified atom stereocenters. The van der Waals surface area contributed by atoms with Crippen molar-refractivity contribution in [1.29, 1.82) is 0 Å². The minimum Gasteiger partial charge on any atom is -0.378 e. The predicted molar refractivity (Wildman–Crippen MR) is 75.1 cm³/mol. The van der Waals surface area contributed by atoms with Gasteiger partial charge in [0.15, 0.2) is 0 Å². The molecule has 2 rings (SSSR count). The van der Waals surface area contributed by atoms with Gasteiger partial charge in [0, 0.05) is 44.9 Å². The van der Waals surface area contributed by atoms with Crippen molar-refractivity contribution in [3.63, 3.8) is 0 Å². The second kappa shape index (κ2) is 6.81. The Bertz CT molecular complexity index is 332. The van der Waals surface area contributed by atoms with Crippen molar-refractivity contribution < 1.29 is 17.9 Å². The van der Waals surface area contributed by atoms with Crippen LogP contribution in [-0.2, 0) is 4.74 Å². The molecule has 2 fully saturated rings. The average molecular weight is 309 g/mol. The van der Waals surface area contributed by atoms with Gasteiger partial charge in [0.25, 0.3) is 0 Å². The molecule has 2 saturated heterocycles. The van der Waals surface area contributed by atoms with Gasteiger partial charge in [-0.25, -0.2) is 0 Å². The lowest BCUT2D eigenvalue weighted by molar-refractivity contribution is -0.153. The van der Waals surface area contributed by atoms with Gasteiger partial charge in [-0.15, -0.1) is 0 Å². The summed E-state index contributed by atoms with van der Waals surface area (Å²) in [5.41, 5.74) is 5.94. The monoisotopic (exact) mass is 309 g/mol. The highest BCUT2D eigenvalue weighted by Crippen LogP contribution is 2.32. The van der Waals surface area contributed by atoms with Gasteiger partial charge in [0.2, 0.25) is 0 Å². The Balaban J connectivity index is 1.93. The molecule has 0 aliphatic carbocycles. The number of nitrogens with two attached hydrogens (primary N) is 1. The normalized spacial score (nSPS) is 33.3. The summed E-state index contributed by atoms with van der Waals surface area (Å²) < 4.78 is 43.0. The number of hydrogen-bond donors (Lipinski definition) is 1. The van der Waals surface area contributed by atoms with Crippen LogP contribution in [-0.4, -0.2) is 73.5 Å². The number of rotatable bonds is 4. The first-order valence-electron chi connectivity index (χ1n) is 7.74. The van der Waals surface area contributed by atoms with E-state index in [2.05, 4.69) is 11.8 Å². The number of alkyl halides is 3. The van der Waals surface area contributed by atoms with Crippen LogP contribution in [0.2, 0.25) is 0 Å². The molecule has 2 N–H and O–H groups in total. The minimum absolute atomic E-state index is 0.0940. The van der Waals surface area contributed by atoms with E-state index >= 15 is 0 Å². The third-order valence-corrected chi connectivity index (χ3v) is 4.81. The molecule has 0 aromatic heterocycles. The van der Waals surface area contributed by atoms with Crippen molar-refractivity contribution >= 4 is 0 Å². The molecular weight excluding hydrogens is 283 g/mol. The van der Waals surface area contributed by atoms with Crippen molar-refractivity contribution in [1.82, 2.24) is 9.80 Å². The Morgan fingerprint density at radius 1 is 1.24 bits per heavy atom. The Kier molecular flexibility index (Phi) is 5.51. The Labute approximate surface area is 124 Å². The van der Waals surface area contributed by atoms with Crippen molar-refractivity contribution in [3.05, 3.63) is 0 Å². The Morgan fingerprint density at radius 2 is 1.90 bits per heavy atom. The SMILES string of the molecule is CCC1CC(CN)(N2CCN(CC(F)(F)F)CC2)CCO1. The highest BCUT2D eigenvalue weighted by Gasteiger charge is 2.42. The molecule has 2 atom stereocenters. The van der Waals surface area contributed by atoms with Gasteiger partial charge in [0.1, 0.15) is 0 Å². The molecule has 7 heteroatoms. The van der Waals surface area contributed by atoms with E-state index in [-0.39, 0.29) is 11.6 Å². The lowest BCUT2D eigenvalue weighted by atomic mass is 9.83. The zero-order chi connectivity index (χ0) is 15.5. The maximum Gasteiger partial charge on any atom is 0.401 e. The van der Waals surface area contributed by atoms with Crippen LogP contribution in [0.15, 0.2) is 0 Å². The molecule has 0 bridgehead atoms. The van der Waals surface area contributed by atoms with Crippen LogP contribution < -0.4 is 5.73 Å². The third kappa shape index (κ3) is 4.31. The van der Waals surface area contributed by atoms with Gasteiger partial charge in [-0.3, -0.25) is 9.80 Å². The molecule has 0 amide bonds. The summed E-state index contributed by atoms with van der Waals surface area (Å²) >= 11 is 0. The smallest absolute Gasteiger partial charge is 0.378 e. The molecule has 0 spiro atoms. The maximum absolute atomic E-state index is 12.4. The Hall–Kier alpha value is -0.370. The average Bonchev–Trinajstić information content (AvgIpc) is 2.46. The summed E-state index contributed by atoms with van der Waals surface area (Å²) in [6, 6.07) is 0. The summed E-state index contributed by atoms with van der Waals surface area (Å²) in [6.07, 6.45) is -1.18. The topological polar surface area (TPSA) is 41.7 Å². The zero-order valence-electron chi connectivity index (χ0n) is 12.7. The van der Waals surface area contributed by atoms with E-state index < -0.39 is 12.7 Å². The molecule has 4 nitrogen and oxygen atoms in total. The van der Waals surface area contributed by atoms with Crippen LogP contribution in [0.25, 0.3) is 0 Å². The molecule has 0 saturated carbocycles. The first-order chi connectivity index (χ1) is 9.88. The zero-order valence-corrected chi connectivity index (χ0v) is 12.7. The molecule has 0 aromatic carbocycles. The van der Waals surface area contributed by atoms with Crippen LogP contribution >= 0.6 is 0 Å². The highest BCUT2D eigenvalue weighted by atomic mass is 19.4. The fourth-order valence-electron chi connectivity index (χ4n) is 3.50. The summed E-state index contributed by atoms with van der Waals surface area (Å²) in [4.78, 5) is 3.78. The van der Waals surface area contributed by atoms with Gasteiger partial charge in [-0.1, -0.05) is 6.92 Å². The molecule has 2 aliphatic rings. The molecular formula is C14H26F3N3O. The summed E-state index contributed by atoms with van der Waals surface area (Å²) in [5.74, 6) is 0. The van der Waals surface area contributed by atoms with Crippen LogP contribution in [0.4, 0.5) is 13.2 Å². The fourth-order valence-corrected chi connectivity index (χ4v) is 3.50. The van der Waals surface area contributed by atoms with E-state index in [0.29, 0.717) is 39.3 Å². The molecule has 0 aromatic rings. The fraction of sp³-hybridized carbons (Fsp3) is 1.00. The van der Waals surface area contributed by atoms with Crippen molar-refractivity contribution in [3.8, 4) is 0 Å². The summed E-state index contributed by atoms with van der Waals surface area (Å²) in [6.45, 7) is 4.76. The van der Waals surface area contributed by atoms with E-state index in [9.17, 15) is 13.2 Å². The van der Waals surface area contributed by atoms with Crippen LogP contribution in [0.3, 0.4) is 0 Å². The maximum atomic E-state index is 12.4. The van der Waals surface area contributed by atoms with Crippen molar-refractivity contribution in [2.75, 3.05) is 45.9 Å². The minimum atomic E-state index is -4.11. The number of hydrogen-bond acceptors (Lipinski definition) is 4. The first kappa shape index (κ1) is 17.0. The highest BCUT2D eigenvalue weighted by molar-refractivity contribution is 4.98. The molecule has 124 valence electrons. The van der Waals surface area contributed by atoms with Crippen LogP contribution in [0.1, 0.15) is 26.2 Å². The summed E-state index contributed by atoms with van der Waals surface area (Å²) in [5, 5.41) is 0. The first-order valence-corrected chi connectivity index (χ1v) is 7.74. The predicted octanol–water partition coefficient (Wildman–Crippen LogP) is 1.45. The van der Waals surface area contributed by atoms with Gasteiger partial charge in [-0.2, -0.15) is 13.2 Å². The lowest BCUT2D eigenvalue weighted by Gasteiger charge is -2.50. The van der Waals surface area contributed by atoms with Gasteiger partial charge in [0.05, 0.1) is 12.6 Å². The number of ether oxygens (including phenoxy) is 1. The molecule has 2 aliphatic heterocycles. The number of halogens is 3. The van der Waals surface area contributed by atoms with Gasteiger partial charge >= 0.3 is 6.18 Å². The van der Waals surface area contributed by atoms with Crippen LogP contribution in [0.5, 0.6) is 0 Å². The third-order valence-electron chi connectivity index (χ3n) is 4.81. The van der Waals surface area contributed by atoms with Crippen molar-refractivity contribution in [2.24, 2.45) is 5.73 Å². The number of nitrogens with zero attached hydrogens (tertiary/aromatic N) is 2. The lowest BCUT2D eigenvalue weighted by Crippen LogP contribution is -2.63. The van der Waals surface area contributed by atoms with Crippen molar-refractivity contribution in [2.45, 2.75) is 44.0 Å². The molecule has 2 heterocycles. The van der Waals surface area contributed by atoms with Gasteiger partial charge in [-0.05, 0) is 19.3 Å².